The normalized spacial score (nSPS) is 12.7. The molecule has 0 unspecified atom stereocenters. The molecule has 5 nitrogen and oxygen atoms in total. The summed E-state index contributed by atoms with van der Waals surface area (Å²) in [7, 11) is 1.37. The summed E-state index contributed by atoms with van der Waals surface area (Å²) >= 11 is 1.36. The summed E-state index contributed by atoms with van der Waals surface area (Å²) in [6.45, 7) is 4.48. The standard InChI is InChI=1S/C28H31NO4S/c1-18-10-11-19(2)24(15-18)33-14-6-9-25(30)29-27-26(28(31)32-3)23(17-34-27)22-13-12-20-7-4-5-8-21(20)16-22/h10-13,15-17H,4-9,14H2,1-3H3,(H,29,30). The van der Waals surface area contributed by atoms with E-state index in [0.717, 1.165) is 40.8 Å². The van der Waals surface area contributed by atoms with Crippen LogP contribution in [0.4, 0.5) is 5.00 Å². The van der Waals surface area contributed by atoms with Crippen molar-refractivity contribution in [3.8, 4) is 16.9 Å². The van der Waals surface area contributed by atoms with Crippen LogP contribution in [0.5, 0.6) is 5.75 Å². The van der Waals surface area contributed by atoms with Gasteiger partial charge in [-0.05, 0) is 79.8 Å². The summed E-state index contributed by atoms with van der Waals surface area (Å²) in [4.78, 5) is 25.3. The van der Waals surface area contributed by atoms with Crippen LogP contribution in [0.2, 0.25) is 0 Å². The topological polar surface area (TPSA) is 64.6 Å². The lowest BCUT2D eigenvalue weighted by molar-refractivity contribution is -0.116. The molecular weight excluding hydrogens is 446 g/mol. The predicted octanol–water partition coefficient (Wildman–Crippen LogP) is 6.50. The van der Waals surface area contributed by atoms with Crippen LogP contribution in [0.1, 0.15) is 58.3 Å². The first kappa shape index (κ1) is 24.0. The minimum atomic E-state index is -0.442. The van der Waals surface area contributed by atoms with Crippen LogP contribution < -0.4 is 10.1 Å². The fourth-order valence-corrected chi connectivity index (χ4v) is 5.31. The van der Waals surface area contributed by atoms with Crippen LogP contribution in [-0.4, -0.2) is 25.6 Å². The van der Waals surface area contributed by atoms with Crippen molar-refractivity contribution >= 4 is 28.2 Å². The highest BCUT2D eigenvalue weighted by Crippen LogP contribution is 2.38. The van der Waals surface area contributed by atoms with Crippen molar-refractivity contribution < 1.29 is 19.1 Å². The number of rotatable bonds is 8. The third kappa shape index (κ3) is 5.50. The van der Waals surface area contributed by atoms with E-state index in [1.54, 1.807) is 0 Å². The van der Waals surface area contributed by atoms with Crippen LogP contribution in [0.3, 0.4) is 0 Å². The molecule has 2 aromatic carbocycles. The number of carbonyl (C=O) groups is 2. The molecule has 1 aromatic heterocycles. The van der Waals surface area contributed by atoms with Crippen molar-refractivity contribution in [3.63, 3.8) is 0 Å². The molecule has 0 fully saturated rings. The van der Waals surface area contributed by atoms with Crippen LogP contribution in [-0.2, 0) is 22.4 Å². The second kappa shape index (κ2) is 10.9. The van der Waals surface area contributed by atoms with E-state index in [2.05, 4.69) is 23.5 Å². The van der Waals surface area contributed by atoms with Gasteiger partial charge in [0.1, 0.15) is 16.3 Å². The molecule has 34 heavy (non-hydrogen) atoms. The first-order valence-electron chi connectivity index (χ1n) is 11.8. The van der Waals surface area contributed by atoms with E-state index in [1.165, 1.54) is 42.4 Å². The number of methoxy groups -OCH3 is 1. The molecule has 4 rings (SSSR count). The van der Waals surface area contributed by atoms with Crippen molar-refractivity contribution in [2.45, 2.75) is 52.4 Å². The van der Waals surface area contributed by atoms with Crippen LogP contribution in [0.15, 0.2) is 41.8 Å². The molecule has 178 valence electrons. The van der Waals surface area contributed by atoms with Gasteiger partial charge in [-0.2, -0.15) is 0 Å². The Morgan fingerprint density at radius 1 is 1.03 bits per heavy atom. The largest absolute Gasteiger partial charge is 0.493 e. The number of carbonyl (C=O) groups excluding carboxylic acids is 2. The maximum absolute atomic E-state index is 12.6. The predicted molar refractivity (Wildman–Crippen MR) is 137 cm³/mol. The van der Waals surface area contributed by atoms with Gasteiger partial charge in [0.25, 0.3) is 0 Å². The van der Waals surface area contributed by atoms with Crippen molar-refractivity contribution in [1.82, 2.24) is 0 Å². The molecule has 0 aliphatic heterocycles. The van der Waals surface area contributed by atoms with Gasteiger partial charge < -0.3 is 14.8 Å². The molecule has 1 aliphatic rings. The SMILES string of the molecule is COC(=O)c1c(-c2ccc3c(c2)CCCC3)csc1NC(=O)CCCOc1cc(C)ccc1C. The molecule has 0 radical (unpaired) electrons. The molecule has 0 atom stereocenters. The molecule has 1 N–H and O–H groups in total. The summed E-state index contributed by atoms with van der Waals surface area (Å²) in [5, 5.41) is 5.38. The molecule has 1 heterocycles. The lowest BCUT2D eigenvalue weighted by Gasteiger charge is -2.16. The summed E-state index contributed by atoms with van der Waals surface area (Å²) in [5.41, 5.74) is 7.16. The molecule has 1 amide bonds. The smallest absolute Gasteiger partial charge is 0.341 e. The van der Waals surface area contributed by atoms with Crippen molar-refractivity contribution in [3.05, 3.63) is 69.6 Å². The van der Waals surface area contributed by atoms with Crippen molar-refractivity contribution in [2.24, 2.45) is 0 Å². The first-order valence-corrected chi connectivity index (χ1v) is 12.7. The van der Waals surface area contributed by atoms with Crippen LogP contribution >= 0.6 is 11.3 Å². The quantitative estimate of drug-likeness (QED) is 0.297. The lowest BCUT2D eigenvalue weighted by Crippen LogP contribution is -2.15. The number of amides is 1. The second-order valence-corrected chi connectivity index (χ2v) is 9.68. The Morgan fingerprint density at radius 3 is 2.62 bits per heavy atom. The zero-order valence-electron chi connectivity index (χ0n) is 20.0. The summed E-state index contributed by atoms with van der Waals surface area (Å²) in [5.74, 6) is 0.261. The van der Waals surface area contributed by atoms with Crippen molar-refractivity contribution in [2.75, 3.05) is 19.0 Å². The fraction of sp³-hybridized carbons (Fsp3) is 0.357. The maximum Gasteiger partial charge on any atom is 0.341 e. The maximum atomic E-state index is 12.6. The number of thiophene rings is 1. The molecule has 0 bridgehead atoms. The van der Waals surface area contributed by atoms with Gasteiger partial charge in [0.15, 0.2) is 0 Å². The third-order valence-electron chi connectivity index (χ3n) is 6.24. The number of aryl methyl sites for hydroxylation is 4. The average Bonchev–Trinajstić information content (AvgIpc) is 3.26. The first-order chi connectivity index (χ1) is 16.5. The Kier molecular flexibility index (Phi) is 7.68. The third-order valence-corrected chi connectivity index (χ3v) is 7.14. The Balaban J connectivity index is 1.42. The minimum absolute atomic E-state index is 0.145. The molecule has 1 aliphatic carbocycles. The Morgan fingerprint density at radius 2 is 1.82 bits per heavy atom. The number of fused-ring (bicyclic) bond motifs is 1. The fourth-order valence-electron chi connectivity index (χ4n) is 4.33. The van der Waals surface area contributed by atoms with E-state index in [1.807, 2.05) is 37.4 Å². The Bertz CT molecular complexity index is 1200. The number of esters is 1. The molecule has 6 heteroatoms. The van der Waals surface area contributed by atoms with Gasteiger partial charge in [-0.3, -0.25) is 4.79 Å². The van der Waals surface area contributed by atoms with E-state index >= 15 is 0 Å². The number of hydrogen-bond acceptors (Lipinski definition) is 5. The Labute approximate surface area is 205 Å². The van der Waals surface area contributed by atoms with Gasteiger partial charge in [-0.25, -0.2) is 4.79 Å². The van der Waals surface area contributed by atoms with Gasteiger partial charge in [-0.15, -0.1) is 11.3 Å². The Hall–Kier alpha value is -3.12. The monoisotopic (exact) mass is 477 g/mol. The molecule has 0 saturated heterocycles. The van der Waals surface area contributed by atoms with E-state index in [4.69, 9.17) is 9.47 Å². The summed E-state index contributed by atoms with van der Waals surface area (Å²) in [6.07, 6.45) is 5.47. The lowest BCUT2D eigenvalue weighted by atomic mass is 9.89. The summed E-state index contributed by atoms with van der Waals surface area (Å²) in [6, 6.07) is 12.5. The average molecular weight is 478 g/mol. The van der Waals surface area contributed by atoms with Crippen LogP contribution in [0.25, 0.3) is 11.1 Å². The highest BCUT2D eigenvalue weighted by atomic mass is 32.1. The number of ether oxygens (including phenoxy) is 2. The molecule has 0 spiro atoms. The van der Waals surface area contributed by atoms with Crippen LogP contribution in [0, 0.1) is 13.8 Å². The highest BCUT2D eigenvalue weighted by molar-refractivity contribution is 7.15. The van der Waals surface area contributed by atoms with Gasteiger partial charge in [0.2, 0.25) is 5.91 Å². The minimum Gasteiger partial charge on any atom is -0.493 e. The van der Waals surface area contributed by atoms with Crippen molar-refractivity contribution in [1.29, 1.82) is 0 Å². The second-order valence-electron chi connectivity index (χ2n) is 8.80. The van der Waals surface area contributed by atoms with Gasteiger partial charge in [0.05, 0.1) is 13.7 Å². The zero-order chi connectivity index (χ0) is 24.1. The summed E-state index contributed by atoms with van der Waals surface area (Å²) < 4.78 is 10.9. The number of anilines is 1. The number of hydrogen-bond donors (Lipinski definition) is 1. The number of benzene rings is 2. The molecule has 0 saturated carbocycles. The highest BCUT2D eigenvalue weighted by Gasteiger charge is 2.23. The molecule has 3 aromatic rings. The van der Waals surface area contributed by atoms with Gasteiger partial charge in [-0.1, -0.05) is 30.3 Å². The van der Waals surface area contributed by atoms with E-state index in [0.29, 0.717) is 30.0 Å². The van der Waals surface area contributed by atoms with E-state index in [9.17, 15) is 9.59 Å². The van der Waals surface area contributed by atoms with E-state index < -0.39 is 5.97 Å². The van der Waals surface area contributed by atoms with Gasteiger partial charge >= 0.3 is 5.97 Å². The van der Waals surface area contributed by atoms with E-state index in [-0.39, 0.29) is 5.91 Å². The number of nitrogens with one attached hydrogen (secondary N) is 1. The molecular formula is C28H31NO4S. The van der Waals surface area contributed by atoms with Gasteiger partial charge in [0, 0.05) is 17.4 Å². The zero-order valence-corrected chi connectivity index (χ0v) is 20.8.